The fourth-order valence-electron chi connectivity index (χ4n) is 11.5. The van der Waals surface area contributed by atoms with E-state index < -0.39 is 292 Å². The van der Waals surface area contributed by atoms with Gasteiger partial charge in [0.1, 0.15) is 90.3 Å². The third-order valence-corrected chi connectivity index (χ3v) is 18.0. The zero-order chi connectivity index (χ0) is 93.7. The molecule has 0 fully saturated rings. The van der Waals surface area contributed by atoms with Crippen molar-refractivity contribution >= 4 is 118 Å². The molecule has 0 saturated heterocycles. The molecule has 0 saturated carbocycles. The average molecular weight is 1760 g/mol. The second-order valence-electron chi connectivity index (χ2n) is 30.2. The second kappa shape index (κ2) is 56.6. The number of phenolic OH excluding ortho intramolecular Hbond substituents is 1. The van der Waals surface area contributed by atoms with Crippen LogP contribution in [0.1, 0.15) is 144 Å². The third-order valence-electron chi connectivity index (χ3n) is 18.0. The molecule has 1 aromatic rings. The number of aliphatic carboxylic acids is 3. The fourth-order valence-corrected chi connectivity index (χ4v) is 11.5. The number of phenols is 1. The van der Waals surface area contributed by atoms with Crippen molar-refractivity contribution in [2.75, 3.05) is 46.1 Å². The number of hydrogen-bond donors (Lipinski definition) is 29. The molecule has 123 heavy (non-hydrogen) atoms. The first kappa shape index (κ1) is 109. The number of carboxylic acid groups (broad SMARTS) is 3. The number of rotatable bonds is 61. The lowest BCUT2D eigenvalue weighted by Gasteiger charge is -2.28. The van der Waals surface area contributed by atoms with Gasteiger partial charge in [0, 0.05) is 12.8 Å². The maximum absolute atomic E-state index is 14.2. The van der Waals surface area contributed by atoms with Crippen molar-refractivity contribution in [3.63, 3.8) is 0 Å². The number of amides is 17. The van der Waals surface area contributed by atoms with Gasteiger partial charge in [0.2, 0.25) is 100 Å². The smallest absolute Gasteiger partial charge is 0.326 e. The molecule has 692 valence electrons. The lowest BCUT2D eigenvalue weighted by atomic mass is 9.99. The van der Waals surface area contributed by atoms with Crippen molar-refractivity contribution in [3.05, 3.63) is 29.8 Å². The summed E-state index contributed by atoms with van der Waals surface area (Å²) in [7, 11) is 0. The molecule has 0 radical (unpaired) electrons. The van der Waals surface area contributed by atoms with Crippen LogP contribution in [0.25, 0.3) is 0 Å². The van der Waals surface area contributed by atoms with Gasteiger partial charge in [0.15, 0.2) is 0 Å². The number of aliphatic hydroxyl groups excluding tert-OH is 5. The Hall–Kier alpha value is -11.9. The van der Waals surface area contributed by atoms with Crippen LogP contribution in [-0.2, 0) is 102 Å². The fraction of sp³-hybridized carbons (Fsp3) is 0.649. The lowest BCUT2D eigenvalue weighted by molar-refractivity contribution is -0.144. The Labute approximate surface area is 707 Å². The van der Waals surface area contributed by atoms with Crippen molar-refractivity contribution < 1.29 is 142 Å². The van der Waals surface area contributed by atoms with E-state index in [2.05, 4.69) is 69.1 Å². The largest absolute Gasteiger partial charge is 0.508 e. The molecule has 0 aliphatic heterocycles. The first-order valence-electron chi connectivity index (χ1n) is 39.5. The van der Waals surface area contributed by atoms with Crippen LogP contribution in [0.3, 0.4) is 0 Å². The number of carbonyl (C=O) groups is 20. The van der Waals surface area contributed by atoms with Gasteiger partial charge in [-0.05, 0) is 113 Å². The molecule has 34 N–H and O–H groups in total. The molecule has 0 bridgehead atoms. The Bertz CT molecular complexity index is 3760. The predicted octanol–water partition coefficient (Wildman–Crippen LogP) is -11.9. The molecule has 49 nitrogen and oxygen atoms in total. The Morgan fingerprint density at radius 3 is 1.05 bits per heavy atom. The second-order valence-corrected chi connectivity index (χ2v) is 30.2. The molecule has 0 spiro atoms. The minimum atomic E-state index is -2.19. The summed E-state index contributed by atoms with van der Waals surface area (Å²) in [6.07, 6.45) is -6.05. The molecule has 0 aromatic heterocycles. The van der Waals surface area contributed by atoms with Gasteiger partial charge >= 0.3 is 17.9 Å². The number of hydrogen-bond acceptors (Lipinski definition) is 29. The van der Waals surface area contributed by atoms with Crippen LogP contribution in [0.5, 0.6) is 5.75 Å². The van der Waals surface area contributed by atoms with E-state index in [4.69, 9.17) is 28.7 Å². The van der Waals surface area contributed by atoms with E-state index in [-0.39, 0.29) is 69.6 Å². The molecule has 1 aromatic carbocycles. The molecule has 49 heteroatoms. The molecule has 0 aliphatic rings. The van der Waals surface area contributed by atoms with Gasteiger partial charge in [-0.2, -0.15) is 0 Å². The van der Waals surface area contributed by atoms with Gasteiger partial charge < -0.3 is 154 Å². The van der Waals surface area contributed by atoms with E-state index in [1.165, 1.54) is 24.3 Å². The minimum Gasteiger partial charge on any atom is -0.508 e. The Morgan fingerprint density at radius 1 is 0.350 bits per heavy atom. The zero-order valence-corrected chi connectivity index (χ0v) is 69.4. The van der Waals surface area contributed by atoms with Gasteiger partial charge in [-0.15, -0.1) is 0 Å². The van der Waals surface area contributed by atoms with Gasteiger partial charge in [-0.25, -0.2) is 4.79 Å². The minimum absolute atomic E-state index is 0.0718. The number of nitrogens with one attached hydrogen (secondary N) is 15. The molecule has 17 amide bonds. The summed E-state index contributed by atoms with van der Waals surface area (Å²) in [6.45, 7) is 5.29. The highest BCUT2D eigenvalue weighted by Crippen LogP contribution is 2.16. The van der Waals surface area contributed by atoms with E-state index in [9.17, 15) is 142 Å². The van der Waals surface area contributed by atoms with E-state index in [1.54, 1.807) is 41.5 Å². The summed E-state index contributed by atoms with van der Waals surface area (Å²) in [6, 6.07) is -21.6. The molecule has 0 aliphatic carbocycles. The number of aromatic hydroxyl groups is 1. The van der Waals surface area contributed by atoms with Crippen LogP contribution < -0.4 is 108 Å². The summed E-state index contributed by atoms with van der Waals surface area (Å²) in [5.74, 6) is -27.0. The standard InChI is InChI=1S/C74H122N20O29/c1-34(2)22-43(83-64(112)44(23-35(3)4)85-70(118)52(32-97)91-62(110)42(18-19-54(78)101)82-69(117)51(31-96)93-72(120)50(30-95)90-60(108)40(77)12-8-10-20-75)65(113)87-48(28-58(106)107)68(116)92-53(33-98)71(119)86-47(27-57(104)105)61(109)80-29-56(103)81-41(13-9-11-21-76)63(111)94-59(37(7)99)73(121)88-46(25-38-14-16-39(100)17-15-38)67(115)84-45(24-36(5)6)66(114)89-49(74(122)123)26-55(79)102/h14-17,34-37,40-53,59,95-100H,8-13,18-33,75-77H2,1-7H3,(H2,78,101)(H2,79,102)(H,80,109)(H,81,103)(H,82,117)(H,83,112)(H,84,115)(H,85,118)(H,86,119)(H,87,113)(H,88,121)(H,89,114)(H,90,108)(H,91,110)(H,92,116)(H,93,120)(H,94,111)(H,104,105)(H,106,107)(H,122,123)/t37-,40+,41+,42+,43+,44+,45+,46+,47+,48+,49+,50+,51+,52+,53+,59+/m1/s1. The summed E-state index contributed by atoms with van der Waals surface area (Å²) in [5.41, 5.74) is 27.8. The van der Waals surface area contributed by atoms with Gasteiger partial charge in [0.05, 0.1) is 64.4 Å². The van der Waals surface area contributed by atoms with Crippen LogP contribution in [0.15, 0.2) is 24.3 Å². The quantitative estimate of drug-likeness (QED) is 0.0269. The Kier molecular flexibility index (Phi) is 50.2. The molecule has 1 rings (SSSR count). The van der Waals surface area contributed by atoms with Crippen molar-refractivity contribution in [1.82, 2.24) is 79.8 Å². The van der Waals surface area contributed by atoms with Crippen LogP contribution in [0.2, 0.25) is 0 Å². The van der Waals surface area contributed by atoms with Crippen molar-refractivity contribution in [2.45, 2.75) is 242 Å². The highest BCUT2D eigenvalue weighted by Gasteiger charge is 2.40. The van der Waals surface area contributed by atoms with E-state index in [0.29, 0.717) is 24.9 Å². The van der Waals surface area contributed by atoms with Crippen molar-refractivity contribution in [3.8, 4) is 5.75 Å². The highest BCUT2D eigenvalue weighted by molar-refractivity contribution is 6.02. The van der Waals surface area contributed by atoms with Gasteiger partial charge in [-0.3, -0.25) is 91.1 Å². The Balaban J connectivity index is 3.47. The van der Waals surface area contributed by atoms with Crippen molar-refractivity contribution in [2.24, 2.45) is 46.4 Å². The third kappa shape index (κ3) is 42.4. The summed E-state index contributed by atoms with van der Waals surface area (Å²) in [4.78, 5) is 266. The molecule has 16 atom stereocenters. The summed E-state index contributed by atoms with van der Waals surface area (Å²) in [5, 5.41) is 124. The normalized spacial score (nSPS) is 15.1. The number of aliphatic hydroxyl groups is 5. The predicted molar refractivity (Wildman–Crippen MR) is 428 cm³/mol. The maximum atomic E-state index is 14.2. The van der Waals surface area contributed by atoms with Crippen LogP contribution in [-0.4, -0.2) is 307 Å². The number of primary amides is 2. The molecular weight excluding hydrogens is 1630 g/mol. The highest BCUT2D eigenvalue weighted by atomic mass is 16.4. The topological polar surface area (TPSA) is 834 Å². The summed E-state index contributed by atoms with van der Waals surface area (Å²) >= 11 is 0. The number of nitrogens with two attached hydrogens (primary N) is 5. The van der Waals surface area contributed by atoms with Crippen LogP contribution in [0, 0.1) is 17.8 Å². The van der Waals surface area contributed by atoms with Crippen LogP contribution in [0.4, 0.5) is 0 Å². The first-order chi connectivity index (χ1) is 57.6. The number of unbranched alkanes of at least 4 members (excludes halogenated alkanes) is 2. The number of benzene rings is 1. The monoisotopic (exact) mass is 1750 g/mol. The van der Waals surface area contributed by atoms with Crippen molar-refractivity contribution in [1.29, 1.82) is 0 Å². The lowest BCUT2D eigenvalue weighted by Crippen LogP contribution is -2.62. The van der Waals surface area contributed by atoms with E-state index in [1.807, 2.05) is 10.6 Å². The number of carbonyl (C=O) groups excluding carboxylic acids is 17. The Morgan fingerprint density at radius 2 is 0.675 bits per heavy atom. The molecular formula is C74H122N20O29. The van der Waals surface area contributed by atoms with E-state index >= 15 is 0 Å². The molecule has 0 unspecified atom stereocenters. The van der Waals surface area contributed by atoms with Gasteiger partial charge in [-0.1, -0.05) is 60.1 Å². The zero-order valence-electron chi connectivity index (χ0n) is 69.4. The SMILES string of the molecule is CC(C)C[C@H](NC(=O)[C@H](Cc1ccc(O)cc1)NC(=O)[C@@H](NC(=O)[C@H](CCCCN)NC(=O)CNC(=O)[C@H](CC(=O)O)NC(=O)[C@H](CO)NC(=O)[C@H](CC(=O)O)NC(=O)[C@H](CC(C)C)NC(=O)[C@H](CC(C)C)NC(=O)[C@H](CO)NC(=O)[C@H](CCC(N)=O)NC(=O)[C@H](CO)NC(=O)[C@H](CO)NC(=O)[C@@H](N)CCCCN)[C@@H](C)O)C(=O)N[C@@H](CC(N)=O)C(=O)O. The average Bonchev–Trinajstić information content (AvgIpc) is 0.828. The summed E-state index contributed by atoms with van der Waals surface area (Å²) < 4.78 is 0. The van der Waals surface area contributed by atoms with Gasteiger partial charge in [0.25, 0.3) is 0 Å². The van der Waals surface area contributed by atoms with Crippen LogP contribution >= 0.6 is 0 Å². The first-order valence-corrected chi connectivity index (χ1v) is 39.5. The molecule has 0 heterocycles. The van der Waals surface area contributed by atoms with E-state index in [0.717, 1.165) is 6.92 Å². The number of carboxylic acids is 3. The maximum Gasteiger partial charge on any atom is 0.326 e.